The van der Waals surface area contributed by atoms with Crippen molar-refractivity contribution in [3.63, 3.8) is 0 Å². The summed E-state index contributed by atoms with van der Waals surface area (Å²) in [5.74, 6) is 1.39. The first-order valence-corrected chi connectivity index (χ1v) is 5.40. The summed E-state index contributed by atoms with van der Waals surface area (Å²) >= 11 is 0. The van der Waals surface area contributed by atoms with Gasteiger partial charge in [0.05, 0.1) is 13.7 Å². The highest BCUT2D eigenvalue weighted by Gasteiger charge is 2.10. The topological polar surface area (TPSA) is 64.7 Å². The van der Waals surface area contributed by atoms with E-state index in [4.69, 9.17) is 20.3 Å². The van der Waals surface area contributed by atoms with Gasteiger partial charge in [-0.15, -0.1) is 12.4 Å². The fourth-order valence-corrected chi connectivity index (χ4v) is 1.50. The molecule has 5 heteroatoms. The highest BCUT2D eigenvalue weighted by atomic mass is 35.5. The Labute approximate surface area is 108 Å². The lowest BCUT2D eigenvalue weighted by molar-refractivity contribution is 0.276. The van der Waals surface area contributed by atoms with Crippen molar-refractivity contribution in [1.29, 1.82) is 0 Å². The van der Waals surface area contributed by atoms with Gasteiger partial charge in [-0.05, 0) is 31.0 Å². The Kier molecular flexibility index (Phi) is 7.70. The minimum atomic E-state index is -0.171. The summed E-state index contributed by atoms with van der Waals surface area (Å²) in [4.78, 5) is 0. The summed E-state index contributed by atoms with van der Waals surface area (Å²) in [7, 11) is 1.60. The summed E-state index contributed by atoms with van der Waals surface area (Å²) in [6, 6.07) is 5.41. The normalized spacial score (nSPS) is 11.5. The van der Waals surface area contributed by atoms with Gasteiger partial charge in [0.25, 0.3) is 0 Å². The molecular weight excluding hydrogens is 242 g/mol. The second-order valence-corrected chi connectivity index (χ2v) is 3.46. The third kappa shape index (κ3) is 4.42. The number of ether oxygens (including phenoxy) is 2. The molecule has 0 amide bonds. The van der Waals surface area contributed by atoms with Gasteiger partial charge >= 0.3 is 0 Å². The Balaban J connectivity index is 0.00000256. The summed E-state index contributed by atoms with van der Waals surface area (Å²) in [5.41, 5.74) is 6.85. The fraction of sp³-hybridized carbons (Fsp3) is 0.500. The Hall–Kier alpha value is -0.970. The minimum absolute atomic E-state index is 0. The molecule has 0 saturated heterocycles. The smallest absolute Gasteiger partial charge is 0.161 e. The van der Waals surface area contributed by atoms with Crippen molar-refractivity contribution in [1.82, 2.24) is 0 Å². The molecule has 0 heterocycles. The lowest BCUT2D eigenvalue weighted by Crippen LogP contribution is -2.12. The van der Waals surface area contributed by atoms with Crippen molar-refractivity contribution < 1.29 is 14.6 Å². The molecule has 1 atom stereocenters. The van der Waals surface area contributed by atoms with E-state index in [9.17, 15) is 0 Å². The van der Waals surface area contributed by atoms with E-state index in [1.807, 2.05) is 25.1 Å². The highest BCUT2D eigenvalue weighted by Crippen LogP contribution is 2.30. The van der Waals surface area contributed by atoms with Crippen LogP contribution < -0.4 is 15.2 Å². The van der Waals surface area contributed by atoms with Crippen LogP contribution in [0.5, 0.6) is 11.5 Å². The molecule has 0 saturated carbocycles. The summed E-state index contributed by atoms with van der Waals surface area (Å²) < 4.78 is 10.6. The van der Waals surface area contributed by atoms with E-state index >= 15 is 0 Å². The molecule has 0 aromatic heterocycles. The van der Waals surface area contributed by atoms with Crippen molar-refractivity contribution in [2.24, 2.45) is 5.73 Å². The number of halogens is 1. The van der Waals surface area contributed by atoms with Gasteiger partial charge in [0.2, 0.25) is 0 Å². The molecular formula is C12H20ClNO3. The quantitative estimate of drug-likeness (QED) is 0.821. The van der Waals surface area contributed by atoms with E-state index in [1.165, 1.54) is 0 Å². The number of methoxy groups -OCH3 is 1. The third-order valence-corrected chi connectivity index (χ3v) is 2.36. The van der Waals surface area contributed by atoms with E-state index < -0.39 is 0 Å². The number of nitrogens with two attached hydrogens (primary N) is 1. The number of aliphatic hydroxyl groups excluding tert-OH is 1. The molecule has 0 bridgehead atoms. The zero-order valence-corrected chi connectivity index (χ0v) is 11.0. The van der Waals surface area contributed by atoms with Crippen molar-refractivity contribution in [3.05, 3.63) is 23.8 Å². The van der Waals surface area contributed by atoms with Gasteiger partial charge < -0.3 is 20.3 Å². The van der Waals surface area contributed by atoms with E-state index in [-0.39, 0.29) is 25.1 Å². The first-order valence-electron chi connectivity index (χ1n) is 5.40. The van der Waals surface area contributed by atoms with Crippen LogP contribution in [0, 0.1) is 0 Å². The van der Waals surface area contributed by atoms with Gasteiger partial charge in [0, 0.05) is 12.6 Å². The molecule has 17 heavy (non-hydrogen) atoms. The molecule has 0 radical (unpaired) electrons. The Bertz CT molecular complexity index is 334. The van der Waals surface area contributed by atoms with Gasteiger partial charge in [0.1, 0.15) is 0 Å². The fourth-order valence-electron chi connectivity index (χ4n) is 1.50. The van der Waals surface area contributed by atoms with Crippen molar-refractivity contribution in [2.45, 2.75) is 19.4 Å². The van der Waals surface area contributed by atoms with Gasteiger partial charge in [-0.25, -0.2) is 0 Å². The van der Waals surface area contributed by atoms with E-state index in [1.54, 1.807) is 7.11 Å². The number of aliphatic hydroxyl groups is 1. The molecule has 4 nitrogen and oxygen atoms in total. The Morgan fingerprint density at radius 1 is 1.35 bits per heavy atom. The van der Waals surface area contributed by atoms with E-state index in [0.717, 1.165) is 5.56 Å². The average Bonchev–Trinajstić information content (AvgIpc) is 2.29. The number of benzene rings is 1. The van der Waals surface area contributed by atoms with Gasteiger partial charge in [-0.2, -0.15) is 0 Å². The molecule has 0 aliphatic carbocycles. The Morgan fingerprint density at radius 2 is 2.06 bits per heavy atom. The van der Waals surface area contributed by atoms with Gasteiger partial charge in [-0.3, -0.25) is 0 Å². The minimum Gasteiger partial charge on any atom is -0.493 e. The zero-order chi connectivity index (χ0) is 12.0. The molecule has 1 aromatic carbocycles. The maximum atomic E-state index is 8.84. The maximum Gasteiger partial charge on any atom is 0.161 e. The standard InChI is InChI=1S/C12H19NO3.ClH/c1-3-16-12-8-9(10(13)6-7-14)4-5-11(12)15-2;/h4-5,8,10,14H,3,6-7,13H2,1-2H3;1H. The van der Waals surface area contributed by atoms with E-state index in [2.05, 4.69) is 0 Å². The zero-order valence-electron chi connectivity index (χ0n) is 10.2. The number of hydrogen-bond acceptors (Lipinski definition) is 4. The first kappa shape index (κ1) is 16.0. The SMILES string of the molecule is CCOc1cc(C(N)CCO)ccc1OC.Cl. The average molecular weight is 262 g/mol. The molecule has 1 unspecified atom stereocenters. The van der Waals surface area contributed by atoms with Crippen LogP contribution in [-0.2, 0) is 0 Å². The maximum absolute atomic E-state index is 8.84. The molecule has 0 aliphatic rings. The van der Waals surface area contributed by atoms with Crippen LogP contribution in [0.25, 0.3) is 0 Å². The van der Waals surface area contributed by atoms with Gasteiger partial charge in [0.15, 0.2) is 11.5 Å². The lowest BCUT2D eigenvalue weighted by Gasteiger charge is -2.14. The Morgan fingerprint density at radius 3 is 2.59 bits per heavy atom. The highest BCUT2D eigenvalue weighted by molar-refractivity contribution is 5.85. The predicted molar refractivity (Wildman–Crippen MR) is 70.0 cm³/mol. The monoisotopic (exact) mass is 261 g/mol. The van der Waals surface area contributed by atoms with Crippen LogP contribution in [0.3, 0.4) is 0 Å². The number of hydrogen-bond donors (Lipinski definition) is 2. The van der Waals surface area contributed by atoms with Crippen molar-refractivity contribution >= 4 is 12.4 Å². The van der Waals surface area contributed by atoms with Crippen LogP contribution >= 0.6 is 12.4 Å². The predicted octanol–water partition coefficient (Wildman–Crippen LogP) is 1.90. The lowest BCUT2D eigenvalue weighted by atomic mass is 10.0. The second kappa shape index (κ2) is 8.17. The van der Waals surface area contributed by atoms with Crippen LogP contribution in [0.2, 0.25) is 0 Å². The molecule has 1 aromatic rings. The second-order valence-electron chi connectivity index (χ2n) is 3.46. The molecule has 1 rings (SSSR count). The van der Waals surface area contributed by atoms with Crippen LogP contribution in [0.4, 0.5) is 0 Å². The molecule has 3 N–H and O–H groups in total. The summed E-state index contributed by atoms with van der Waals surface area (Å²) in [6.45, 7) is 2.58. The van der Waals surface area contributed by atoms with E-state index in [0.29, 0.717) is 24.5 Å². The first-order chi connectivity index (χ1) is 7.72. The summed E-state index contributed by atoms with van der Waals surface area (Å²) in [6.07, 6.45) is 0.540. The summed E-state index contributed by atoms with van der Waals surface area (Å²) in [5, 5.41) is 8.84. The molecule has 98 valence electrons. The number of rotatable bonds is 6. The van der Waals surface area contributed by atoms with Crippen LogP contribution in [-0.4, -0.2) is 25.4 Å². The van der Waals surface area contributed by atoms with Crippen molar-refractivity contribution in [2.75, 3.05) is 20.3 Å². The van der Waals surface area contributed by atoms with Gasteiger partial charge in [-0.1, -0.05) is 6.07 Å². The molecule has 0 fully saturated rings. The third-order valence-electron chi connectivity index (χ3n) is 2.36. The largest absolute Gasteiger partial charge is 0.493 e. The van der Waals surface area contributed by atoms with Crippen LogP contribution in [0.1, 0.15) is 24.9 Å². The van der Waals surface area contributed by atoms with Crippen LogP contribution in [0.15, 0.2) is 18.2 Å². The molecule has 0 spiro atoms. The molecule has 0 aliphatic heterocycles. The van der Waals surface area contributed by atoms with Crippen molar-refractivity contribution in [3.8, 4) is 11.5 Å².